The highest BCUT2D eigenvalue weighted by atomic mass is 15.0. The zero-order valence-corrected chi connectivity index (χ0v) is 9.76. The molecule has 1 rings (SSSR count). The van der Waals surface area contributed by atoms with Gasteiger partial charge in [0.25, 0.3) is 0 Å². The van der Waals surface area contributed by atoms with Crippen molar-refractivity contribution in [3.05, 3.63) is 23.9 Å². The topological polar surface area (TPSA) is 24.9 Å². The Bertz CT molecular complexity index is 282. The van der Waals surface area contributed by atoms with Crippen LogP contribution in [0.4, 0.5) is 5.82 Å². The van der Waals surface area contributed by atoms with Gasteiger partial charge in [-0.1, -0.05) is 26.8 Å². The molecule has 0 aliphatic carbocycles. The number of hydrogen-bond donors (Lipinski definition) is 1. The molecule has 0 aromatic carbocycles. The van der Waals surface area contributed by atoms with Crippen molar-refractivity contribution in [3.8, 4) is 0 Å². The lowest BCUT2D eigenvalue weighted by Gasteiger charge is -2.28. The Labute approximate surface area is 86.8 Å². The van der Waals surface area contributed by atoms with Gasteiger partial charge in [-0.05, 0) is 30.9 Å². The van der Waals surface area contributed by atoms with Gasteiger partial charge >= 0.3 is 0 Å². The fraction of sp³-hybridized carbons (Fsp3) is 0.583. The van der Waals surface area contributed by atoms with Crippen molar-refractivity contribution >= 4 is 5.82 Å². The van der Waals surface area contributed by atoms with Crippen molar-refractivity contribution < 1.29 is 0 Å². The van der Waals surface area contributed by atoms with Crippen LogP contribution in [-0.4, -0.2) is 11.0 Å². The van der Waals surface area contributed by atoms with Crippen LogP contribution in [0.15, 0.2) is 18.3 Å². The molecule has 1 unspecified atom stereocenters. The second-order valence-corrected chi connectivity index (χ2v) is 4.95. The molecular formula is C12H20N2. The number of aromatic nitrogens is 1. The van der Waals surface area contributed by atoms with Gasteiger partial charge < -0.3 is 5.32 Å². The predicted molar refractivity (Wildman–Crippen MR) is 61.5 cm³/mol. The van der Waals surface area contributed by atoms with E-state index in [2.05, 4.69) is 44.1 Å². The van der Waals surface area contributed by atoms with E-state index in [1.54, 1.807) is 0 Å². The summed E-state index contributed by atoms with van der Waals surface area (Å²) in [6, 6.07) is 4.51. The summed E-state index contributed by atoms with van der Waals surface area (Å²) in [5, 5.41) is 3.40. The summed E-state index contributed by atoms with van der Waals surface area (Å²) in [5.41, 5.74) is 1.45. The maximum absolute atomic E-state index is 4.32. The summed E-state index contributed by atoms with van der Waals surface area (Å²) in [6.07, 6.45) is 1.89. The zero-order chi connectivity index (χ0) is 10.8. The van der Waals surface area contributed by atoms with E-state index in [9.17, 15) is 0 Å². The molecule has 0 amide bonds. The molecule has 1 aromatic heterocycles. The largest absolute Gasteiger partial charge is 0.367 e. The van der Waals surface area contributed by atoms with E-state index in [0.717, 1.165) is 5.82 Å². The highest BCUT2D eigenvalue weighted by Gasteiger charge is 2.19. The van der Waals surface area contributed by atoms with E-state index in [4.69, 9.17) is 0 Å². The first kappa shape index (κ1) is 11.0. The van der Waals surface area contributed by atoms with Crippen LogP contribution >= 0.6 is 0 Å². The number of nitrogens with zero attached hydrogens (tertiary/aromatic N) is 1. The van der Waals surface area contributed by atoms with E-state index < -0.39 is 0 Å². The van der Waals surface area contributed by atoms with Gasteiger partial charge in [-0.25, -0.2) is 4.98 Å². The number of hydrogen-bond acceptors (Lipinski definition) is 2. The molecule has 0 saturated carbocycles. The SMILES string of the molecule is Cc1ccc(NC(C)C(C)(C)C)nc1. The summed E-state index contributed by atoms with van der Waals surface area (Å²) >= 11 is 0. The first-order valence-corrected chi connectivity index (χ1v) is 5.09. The highest BCUT2D eigenvalue weighted by Crippen LogP contribution is 2.21. The zero-order valence-electron chi connectivity index (χ0n) is 9.76. The Morgan fingerprint density at radius 1 is 1.29 bits per heavy atom. The molecule has 0 bridgehead atoms. The normalized spacial score (nSPS) is 13.8. The first-order valence-electron chi connectivity index (χ1n) is 5.09. The fourth-order valence-corrected chi connectivity index (χ4v) is 0.992. The van der Waals surface area contributed by atoms with Gasteiger partial charge in [0, 0.05) is 12.2 Å². The van der Waals surface area contributed by atoms with Gasteiger partial charge in [-0.3, -0.25) is 0 Å². The van der Waals surface area contributed by atoms with Crippen LogP contribution in [-0.2, 0) is 0 Å². The third kappa shape index (κ3) is 3.02. The molecule has 14 heavy (non-hydrogen) atoms. The monoisotopic (exact) mass is 192 g/mol. The molecule has 0 aliphatic rings. The first-order chi connectivity index (χ1) is 6.39. The van der Waals surface area contributed by atoms with Crippen LogP contribution in [0.3, 0.4) is 0 Å². The number of nitrogens with one attached hydrogen (secondary N) is 1. The third-order valence-electron chi connectivity index (χ3n) is 2.57. The summed E-state index contributed by atoms with van der Waals surface area (Å²) < 4.78 is 0. The van der Waals surface area contributed by atoms with Gasteiger partial charge in [-0.15, -0.1) is 0 Å². The van der Waals surface area contributed by atoms with Crippen molar-refractivity contribution in [1.29, 1.82) is 0 Å². The third-order valence-corrected chi connectivity index (χ3v) is 2.57. The molecule has 1 N–H and O–H groups in total. The quantitative estimate of drug-likeness (QED) is 0.778. The van der Waals surface area contributed by atoms with Crippen LogP contribution in [0, 0.1) is 12.3 Å². The Morgan fingerprint density at radius 2 is 1.93 bits per heavy atom. The predicted octanol–water partition coefficient (Wildman–Crippen LogP) is 3.24. The Morgan fingerprint density at radius 3 is 2.36 bits per heavy atom. The van der Waals surface area contributed by atoms with Crippen molar-refractivity contribution in [2.24, 2.45) is 5.41 Å². The average Bonchev–Trinajstić information content (AvgIpc) is 2.07. The van der Waals surface area contributed by atoms with Crippen LogP contribution < -0.4 is 5.32 Å². The van der Waals surface area contributed by atoms with E-state index in [0.29, 0.717) is 6.04 Å². The minimum atomic E-state index is 0.257. The van der Waals surface area contributed by atoms with Crippen LogP contribution in [0.2, 0.25) is 0 Å². The highest BCUT2D eigenvalue weighted by molar-refractivity contribution is 5.36. The molecule has 1 atom stereocenters. The molecule has 1 aromatic rings. The summed E-state index contributed by atoms with van der Waals surface area (Å²) in [6.45, 7) is 10.9. The Hall–Kier alpha value is -1.05. The molecular weight excluding hydrogens is 172 g/mol. The molecule has 0 aliphatic heterocycles. The van der Waals surface area contributed by atoms with Crippen molar-refractivity contribution in [1.82, 2.24) is 4.98 Å². The summed E-state index contributed by atoms with van der Waals surface area (Å²) in [7, 11) is 0. The second-order valence-electron chi connectivity index (χ2n) is 4.95. The number of pyridine rings is 1. The number of rotatable bonds is 2. The van der Waals surface area contributed by atoms with Gasteiger partial charge in [0.2, 0.25) is 0 Å². The maximum atomic E-state index is 4.32. The van der Waals surface area contributed by atoms with Gasteiger partial charge in [0.15, 0.2) is 0 Å². The van der Waals surface area contributed by atoms with Crippen molar-refractivity contribution in [2.75, 3.05) is 5.32 Å². The molecule has 0 fully saturated rings. The summed E-state index contributed by atoms with van der Waals surface area (Å²) in [5.74, 6) is 0.957. The lowest BCUT2D eigenvalue weighted by molar-refractivity contribution is 0.359. The minimum absolute atomic E-state index is 0.257. The van der Waals surface area contributed by atoms with E-state index in [1.807, 2.05) is 19.2 Å². The summed E-state index contributed by atoms with van der Waals surface area (Å²) in [4.78, 5) is 4.32. The molecule has 2 nitrogen and oxygen atoms in total. The Kier molecular flexibility index (Phi) is 3.14. The number of anilines is 1. The van der Waals surface area contributed by atoms with Crippen molar-refractivity contribution in [3.63, 3.8) is 0 Å². The van der Waals surface area contributed by atoms with Gasteiger partial charge in [0.05, 0.1) is 0 Å². The molecule has 0 saturated heterocycles. The van der Waals surface area contributed by atoms with E-state index >= 15 is 0 Å². The van der Waals surface area contributed by atoms with Crippen LogP contribution in [0.1, 0.15) is 33.3 Å². The maximum Gasteiger partial charge on any atom is 0.126 e. The number of aryl methyl sites for hydroxylation is 1. The van der Waals surface area contributed by atoms with Gasteiger partial charge in [-0.2, -0.15) is 0 Å². The van der Waals surface area contributed by atoms with Crippen molar-refractivity contribution in [2.45, 2.75) is 40.7 Å². The van der Waals surface area contributed by atoms with Crippen LogP contribution in [0.5, 0.6) is 0 Å². The lowest BCUT2D eigenvalue weighted by atomic mass is 9.88. The fourth-order valence-electron chi connectivity index (χ4n) is 0.992. The molecule has 0 spiro atoms. The average molecular weight is 192 g/mol. The van der Waals surface area contributed by atoms with Gasteiger partial charge in [0.1, 0.15) is 5.82 Å². The smallest absolute Gasteiger partial charge is 0.126 e. The lowest BCUT2D eigenvalue weighted by Crippen LogP contribution is -2.31. The Balaban J connectivity index is 2.65. The van der Waals surface area contributed by atoms with E-state index in [-0.39, 0.29) is 5.41 Å². The minimum Gasteiger partial charge on any atom is -0.367 e. The standard InChI is InChI=1S/C12H20N2/c1-9-6-7-11(13-8-9)14-10(2)12(3,4)5/h6-8,10H,1-5H3,(H,13,14). The molecule has 0 radical (unpaired) electrons. The van der Waals surface area contributed by atoms with E-state index in [1.165, 1.54) is 5.56 Å². The molecule has 78 valence electrons. The molecule has 1 heterocycles. The van der Waals surface area contributed by atoms with Crippen LogP contribution in [0.25, 0.3) is 0 Å². The molecule has 2 heteroatoms. The second kappa shape index (κ2) is 3.99.